The van der Waals surface area contributed by atoms with Crippen molar-refractivity contribution in [2.24, 2.45) is 0 Å². The lowest BCUT2D eigenvalue weighted by molar-refractivity contribution is -0.137. The molecule has 0 spiro atoms. The number of benzene rings is 2. The normalized spacial score (nSPS) is 15.4. The van der Waals surface area contributed by atoms with Crippen LogP contribution in [0.3, 0.4) is 0 Å². The highest BCUT2D eigenvalue weighted by atomic mass is 28.3. The van der Waals surface area contributed by atoms with E-state index in [9.17, 15) is 17.6 Å². The molecule has 0 amide bonds. The summed E-state index contributed by atoms with van der Waals surface area (Å²) in [4.78, 5) is 11.1. The van der Waals surface area contributed by atoms with Gasteiger partial charge in [-0.05, 0) is 43.8 Å². The largest absolute Gasteiger partial charge is 0.493 e. The minimum atomic E-state index is -4.64. The summed E-state index contributed by atoms with van der Waals surface area (Å²) in [5.41, 5.74) is -0.339. The zero-order valence-corrected chi connectivity index (χ0v) is 20.5. The molecule has 187 valence electrons. The third kappa shape index (κ3) is 6.19. The van der Waals surface area contributed by atoms with Crippen LogP contribution in [-0.4, -0.2) is 63.6 Å². The first-order valence-electron chi connectivity index (χ1n) is 10.9. The van der Waals surface area contributed by atoms with Crippen molar-refractivity contribution in [3.63, 3.8) is 0 Å². The highest BCUT2D eigenvalue weighted by Crippen LogP contribution is 2.35. The summed E-state index contributed by atoms with van der Waals surface area (Å²) in [6.07, 6.45) is -3.39. The Hall–Kier alpha value is -2.96. The number of methoxy groups -OCH3 is 1. The quantitative estimate of drug-likeness (QED) is 0.380. The van der Waals surface area contributed by atoms with Crippen molar-refractivity contribution >= 4 is 25.8 Å². The number of aryl methyl sites for hydroxylation is 1. The molecular weight excluding hydrogens is 484 g/mol. The number of fused-ring (bicyclic) bond motifs is 1. The van der Waals surface area contributed by atoms with E-state index in [0.29, 0.717) is 52.9 Å². The fraction of sp³-hybridized carbons (Fsp3) is 0.391. The number of alkyl halides is 3. The molecule has 1 saturated heterocycles. The molecule has 0 aliphatic carbocycles. The summed E-state index contributed by atoms with van der Waals surface area (Å²) in [6, 6.07) is 5.90. The summed E-state index contributed by atoms with van der Waals surface area (Å²) >= 11 is 0. The molecule has 0 unspecified atom stereocenters. The second-order valence-corrected chi connectivity index (χ2v) is 10.2. The number of rotatable bonds is 7. The molecule has 1 fully saturated rings. The van der Waals surface area contributed by atoms with E-state index in [1.807, 2.05) is 7.05 Å². The standard InChI is InChI=1S/C23H25F4N4O3Si/c1-14-29-19-10-20(32-3)21(33-13-35-12-31(2)4-5-34-35)9-18(19)22(30-14)28-11-15-6-16(23(25,26)27)8-17(24)7-15/h6-10H,4-5,11-13H2,1-3H3,(H,28,29,30). The average Bonchev–Trinajstić information content (AvgIpc) is 2.79. The first kappa shape index (κ1) is 25.1. The molecule has 0 saturated carbocycles. The molecule has 12 heteroatoms. The molecule has 7 nitrogen and oxygen atoms in total. The number of hydrogen-bond acceptors (Lipinski definition) is 7. The number of aromatic nitrogens is 2. The molecule has 2 aromatic carbocycles. The molecule has 3 aromatic rings. The lowest BCUT2D eigenvalue weighted by Crippen LogP contribution is -2.46. The number of nitrogens with zero attached hydrogens (tertiary/aromatic N) is 3. The topological polar surface area (TPSA) is 68.7 Å². The maximum Gasteiger partial charge on any atom is 0.416 e. The van der Waals surface area contributed by atoms with Gasteiger partial charge in [0.2, 0.25) is 0 Å². The van der Waals surface area contributed by atoms with Crippen molar-refractivity contribution in [2.45, 2.75) is 19.6 Å². The van der Waals surface area contributed by atoms with Crippen LogP contribution in [0.25, 0.3) is 10.9 Å². The number of ether oxygens (including phenoxy) is 2. The van der Waals surface area contributed by atoms with E-state index < -0.39 is 26.6 Å². The van der Waals surface area contributed by atoms with Gasteiger partial charge in [0.15, 0.2) is 11.5 Å². The number of hydrogen-bond donors (Lipinski definition) is 1. The Labute approximate surface area is 201 Å². The Bertz CT molecular complexity index is 1210. The van der Waals surface area contributed by atoms with Crippen LogP contribution >= 0.6 is 0 Å². The van der Waals surface area contributed by atoms with Crippen LogP contribution < -0.4 is 14.8 Å². The van der Waals surface area contributed by atoms with Gasteiger partial charge in [-0.2, -0.15) is 13.2 Å². The van der Waals surface area contributed by atoms with E-state index in [2.05, 4.69) is 20.2 Å². The van der Waals surface area contributed by atoms with Crippen molar-refractivity contribution in [1.29, 1.82) is 0 Å². The van der Waals surface area contributed by atoms with E-state index in [1.165, 1.54) is 7.11 Å². The molecule has 2 heterocycles. The minimum absolute atomic E-state index is 0.0675. The van der Waals surface area contributed by atoms with Crippen LogP contribution in [0.1, 0.15) is 17.0 Å². The predicted octanol–water partition coefficient (Wildman–Crippen LogP) is 4.13. The van der Waals surface area contributed by atoms with Crippen LogP contribution in [0, 0.1) is 12.7 Å². The molecule has 0 atom stereocenters. The molecule has 1 radical (unpaired) electrons. The number of halogens is 4. The van der Waals surface area contributed by atoms with Crippen LogP contribution in [0.2, 0.25) is 0 Å². The molecule has 4 rings (SSSR count). The molecule has 1 aliphatic heterocycles. The second-order valence-electron chi connectivity index (χ2n) is 8.25. The van der Waals surface area contributed by atoms with Crippen molar-refractivity contribution in [2.75, 3.05) is 45.0 Å². The van der Waals surface area contributed by atoms with Crippen molar-refractivity contribution in [3.05, 3.63) is 53.1 Å². The molecule has 35 heavy (non-hydrogen) atoms. The second kappa shape index (κ2) is 10.3. The van der Waals surface area contributed by atoms with Crippen LogP contribution in [0.15, 0.2) is 30.3 Å². The lowest BCUT2D eigenvalue weighted by atomic mass is 10.1. The average molecular weight is 510 g/mol. The fourth-order valence-electron chi connectivity index (χ4n) is 3.78. The first-order valence-corrected chi connectivity index (χ1v) is 12.7. The van der Waals surface area contributed by atoms with Gasteiger partial charge in [-0.3, -0.25) is 0 Å². The maximum atomic E-state index is 13.8. The van der Waals surface area contributed by atoms with Gasteiger partial charge < -0.3 is 24.1 Å². The van der Waals surface area contributed by atoms with Gasteiger partial charge in [0.05, 0.1) is 18.2 Å². The molecular formula is C23H25F4N4O3Si. The third-order valence-electron chi connectivity index (χ3n) is 5.45. The maximum absolute atomic E-state index is 13.8. The van der Waals surface area contributed by atoms with Crippen molar-refractivity contribution < 1.29 is 31.5 Å². The van der Waals surface area contributed by atoms with Gasteiger partial charge in [0, 0.05) is 37.3 Å². The predicted molar refractivity (Wildman–Crippen MR) is 124 cm³/mol. The van der Waals surface area contributed by atoms with E-state index in [0.717, 1.165) is 24.8 Å². The summed E-state index contributed by atoms with van der Waals surface area (Å²) in [6.45, 7) is 3.18. The van der Waals surface area contributed by atoms with E-state index in [4.69, 9.17) is 13.9 Å². The van der Waals surface area contributed by atoms with Gasteiger partial charge >= 0.3 is 6.18 Å². The SMILES string of the molecule is COc1cc2nc(C)nc(NCc3cc(F)cc(C(F)(F)F)c3)c2cc1OC[Si]1CN(C)CCO1. The zero-order valence-electron chi connectivity index (χ0n) is 19.5. The minimum Gasteiger partial charge on any atom is -0.493 e. The van der Waals surface area contributed by atoms with E-state index in [-0.39, 0.29) is 12.1 Å². The van der Waals surface area contributed by atoms with E-state index >= 15 is 0 Å². The summed E-state index contributed by atoms with van der Waals surface area (Å²) < 4.78 is 70.4. The lowest BCUT2D eigenvalue weighted by Gasteiger charge is -2.28. The Morgan fingerprint density at radius 3 is 2.66 bits per heavy atom. The Morgan fingerprint density at radius 2 is 1.94 bits per heavy atom. The Morgan fingerprint density at radius 1 is 1.14 bits per heavy atom. The Balaban J connectivity index is 1.60. The smallest absolute Gasteiger partial charge is 0.416 e. The van der Waals surface area contributed by atoms with Crippen LogP contribution in [0.5, 0.6) is 11.5 Å². The summed E-state index contributed by atoms with van der Waals surface area (Å²) in [5, 5.41) is 3.62. The first-order chi connectivity index (χ1) is 16.6. The molecule has 0 bridgehead atoms. The summed E-state index contributed by atoms with van der Waals surface area (Å²) in [7, 11) is 2.39. The van der Waals surface area contributed by atoms with Gasteiger partial charge in [-0.15, -0.1) is 0 Å². The third-order valence-corrected chi connectivity index (χ3v) is 7.42. The zero-order chi connectivity index (χ0) is 25.2. The number of anilines is 1. The van der Waals surface area contributed by atoms with Crippen LogP contribution in [0.4, 0.5) is 23.4 Å². The Kier molecular flexibility index (Phi) is 7.43. The van der Waals surface area contributed by atoms with Gasteiger partial charge in [-0.1, -0.05) is 0 Å². The highest BCUT2D eigenvalue weighted by Gasteiger charge is 2.31. The van der Waals surface area contributed by atoms with Crippen molar-refractivity contribution in [3.8, 4) is 11.5 Å². The fourth-order valence-corrected chi connectivity index (χ4v) is 5.50. The van der Waals surface area contributed by atoms with E-state index in [1.54, 1.807) is 19.1 Å². The van der Waals surface area contributed by atoms with Gasteiger partial charge in [-0.25, -0.2) is 14.4 Å². The molecule has 1 aromatic heterocycles. The molecule has 1 N–H and O–H groups in total. The summed E-state index contributed by atoms with van der Waals surface area (Å²) in [5.74, 6) is 0.859. The monoisotopic (exact) mass is 509 g/mol. The van der Waals surface area contributed by atoms with Crippen LogP contribution in [-0.2, 0) is 17.1 Å². The van der Waals surface area contributed by atoms with Gasteiger partial charge in [0.25, 0.3) is 9.04 Å². The number of likely N-dealkylation sites (N-methyl/N-ethyl adjacent to an activating group) is 1. The van der Waals surface area contributed by atoms with Gasteiger partial charge in [0.1, 0.15) is 23.7 Å². The number of nitrogens with one attached hydrogen (secondary N) is 1. The highest BCUT2D eigenvalue weighted by molar-refractivity contribution is 6.52. The van der Waals surface area contributed by atoms with Crippen molar-refractivity contribution in [1.82, 2.24) is 14.9 Å². The molecule has 1 aliphatic rings.